The van der Waals surface area contributed by atoms with Crippen LogP contribution in [0.3, 0.4) is 0 Å². The predicted octanol–water partition coefficient (Wildman–Crippen LogP) is 2.00. The summed E-state index contributed by atoms with van der Waals surface area (Å²) in [6.45, 7) is 0.985. The normalized spacial score (nSPS) is 33.6. The zero-order chi connectivity index (χ0) is 12.8. The van der Waals surface area contributed by atoms with Crippen molar-refractivity contribution in [3.05, 3.63) is 35.4 Å². The number of fused-ring (bicyclic) bond motifs is 3. The van der Waals surface area contributed by atoms with Crippen LogP contribution in [0.2, 0.25) is 0 Å². The molecule has 1 saturated heterocycles. The van der Waals surface area contributed by atoms with Crippen LogP contribution in [0.25, 0.3) is 0 Å². The summed E-state index contributed by atoms with van der Waals surface area (Å²) in [6, 6.07) is 9.12. The minimum atomic E-state index is 0. The van der Waals surface area contributed by atoms with E-state index in [0.29, 0.717) is 17.9 Å². The minimum absolute atomic E-state index is 0. The molecule has 0 bridgehead atoms. The summed E-state index contributed by atoms with van der Waals surface area (Å²) >= 11 is 0. The Labute approximate surface area is 125 Å². The molecule has 4 unspecified atom stereocenters. The van der Waals surface area contributed by atoms with Crippen molar-refractivity contribution in [2.75, 3.05) is 6.54 Å². The van der Waals surface area contributed by atoms with Crippen molar-refractivity contribution in [1.82, 2.24) is 10.6 Å². The molecule has 1 aromatic carbocycles. The van der Waals surface area contributed by atoms with Gasteiger partial charge in [0.25, 0.3) is 0 Å². The Morgan fingerprint density at radius 1 is 1.25 bits per heavy atom. The maximum absolute atomic E-state index is 12.2. The van der Waals surface area contributed by atoms with Gasteiger partial charge in [0, 0.05) is 12.0 Å². The maximum Gasteiger partial charge on any atom is 0.237 e. The first-order valence-electron chi connectivity index (χ1n) is 7.46. The van der Waals surface area contributed by atoms with Crippen molar-refractivity contribution in [1.29, 1.82) is 0 Å². The number of halogens is 1. The third-order valence-corrected chi connectivity index (χ3v) is 4.97. The molecule has 1 aliphatic heterocycles. The predicted molar refractivity (Wildman–Crippen MR) is 81.2 cm³/mol. The molecule has 4 atom stereocenters. The maximum atomic E-state index is 12.2. The van der Waals surface area contributed by atoms with Crippen molar-refractivity contribution in [3.63, 3.8) is 0 Å². The zero-order valence-electron chi connectivity index (χ0n) is 11.5. The van der Waals surface area contributed by atoms with Crippen LogP contribution in [0.4, 0.5) is 0 Å². The van der Waals surface area contributed by atoms with E-state index in [9.17, 15) is 4.79 Å². The highest BCUT2D eigenvalue weighted by atomic mass is 35.5. The summed E-state index contributed by atoms with van der Waals surface area (Å²) in [6.07, 6.45) is 4.51. The second kappa shape index (κ2) is 5.38. The van der Waals surface area contributed by atoms with Crippen LogP contribution in [0.5, 0.6) is 0 Å². The highest BCUT2D eigenvalue weighted by molar-refractivity contribution is 5.85. The average molecular weight is 293 g/mol. The zero-order valence-corrected chi connectivity index (χ0v) is 12.3. The van der Waals surface area contributed by atoms with E-state index in [-0.39, 0.29) is 24.4 Å². The number of benzene rings is 1. The van der Waals surface area contributed by atoms with Crippen LogP contribution in [0, 0.1) is 5.92 Å². The highest BCUT2D eigenvalue weighted by Crippen LogP contribution is 2.56. The lowest BCUT2D eigenvalue weighted by Gasteiger charge is -2.23. The lowest BCUT2D eigenvalue weighted by atomic mass is 10.0. The van der Waals surface area contributed by atoms with Crippen molar-refractivity contribution < 1.29 is 4.79 Å². The molecule has 0 aromatic heterocycles. The van der Waals surface area contributed by atoms with E-state index in [1.807, 2.05) is 0 Å². The van der Waals surface area contributed by atoms with Crippen LogP contribution in [0.15, 0.2) is 24.3 Å². The molecule has 4 rings (SSSR count). The van der Waals surface area contributed by atoms with Crippen LogP contribution < -0.4 is 10.6 Å². The lowest BCUT2D eigenvalue weighted by Crippen LogP contribution is -2.47. The van der Waals surface area contributed by atoms with Gasteiger partial charge in [-0.05, 0) is 42.9 Å². The summed E-state index contributed by atoms with van der Waals surface area (Å²) in [5.41, 5.74) is 2.95. The Bertz CT molecular complexity index is 513. The van der Waals surface area contributed by atoms with Gasteiger partial charge in [-0.2, -0.15) is 0 Å². The first kappa shape index (κ1) is 13.9. The molecule has 0 spiro atoms. The van der Waals surface area contributed by atoms with Crippen LogP contribution in [0.1, 0.15) is 36.3 Å². The molecule has 0 radical (unpaired) electrons. The van der Waals surface area contributed by atoms with E-state index < -0.39 is 0 Å². The summed E-state index contributed by atoms with van der Waals surface area (Å²) < 4.78 is 0. The largest absolute Gasteiger partial charge is 0.351 e. The quantitative estimate of drug-likeness (QED) is 0.875. The molecule has 1 heterocycles. The lowest BCUT2D eigenvalue weighted by molar-refractivity contribution is -0.123. The number of rotatable bonds is 2. The van der Waals surface area contributed by atoms with Crippen molar-refractivity contribution in [2.24, 2.45) is 5.92 Å². The SMILES string of the molecule is Cl.O=C(NC1C2Cc3ccccc3C21)C1CCCCN1. The van der Waals surface area contributed by atoms with Gasteiger partial charge >= 0.3 is 0 Å². The topological polar surface area (TPSA) is 41.1 Å². The molecular formula is C16H21ClN2O. The van der Waals surface area contributed by atoms with Gasteiger partial charge < -0.3 is 10.6 Å². The number of piperidine rings is 1. The van der Waals surface area contributed by atoms with E-state index in [0.717, 1.165) is 19.4 Å². The molecule has 1 aromatic rings. The third kappa shape index (κ3) is 2.23. The van der Waals surface area contributed by atoms with E-state index >= 15 is 0 Å². The first-order chi connectivity index (χ1) is 9.34. The van der Waals surface area contributed by atoms with Crippen molar-refractivity contribution >= 4 is 18.3 Å². The molecule has 108 valence electrons. The van der Waals surface area contributed by atoms with Gasteiger partial charge in [-0.15, -0.1) is 12.4 Å². The minimum Gasteiger partial charge on any atom is -0.351 e. The number of carbonyl (C=O) groups excluding carboxylic acids is 1. The standard InChI is InChI=1S/C16H20N2O.ClH/c19-16(13-7-3-4-8-17-13)18-15-12-9-10-5-1-2-6-11(10)14(12)15;/h1-2,5-6,12-15,17H,3-4,7-9H2,(H,18,19);1H. The Hall–Kier alpha value is -1.06. The van der Waals surface area contributed by atoms with Gasteiger partial charge in [-0.3, -0.25) is 4.79 Å². The molecule has 3 aliphatic rings. The van der Waals surface area contributed by atoms with Crippen LogP contribution in [-0.2, 0) is 11.2 Å². The fraction of sp³-hybridized carbons (Fsp3) is 0.562. The van der Waals surface area contributed by atoms with Crippen molar-refractivity contribution in [2.45, 2.75) is 43.7 Å². The Morgan fingerprint density at radius 2 is 2.10 bits per heavy atom. The smallest absolute Gasteiger partial charge is 0.237 e. The third-order valence-electron chi connectivity index (χ3n) is 4.97. The number of nitrogens with one attached hydrogen (secondary N) is 2. The Morgan fingerprint density at radius 3 is 2.90 bits per heavy atom. The van der Waals surface area contributed by atoms with Gasteiger partial charge in [0.15, 0.2) is 0 Å². The molecule has 2 aliphatic carbocycles. The molecule has 20 heavy (non-hydrogen) atoms. The molecule has 4 heteroatoms. The number of carbonyl (C=O) groups is 1. The van der Waals surface area contributed by atoms with Crippen LogP contribution in [-0.4, -0.2) is 24.5 Å². The molecule has 1 saturated carbocycles. The number of amides is 1. The first-order valence-corrected chi connectivity index (χ1v) is 7.46. The van der Waals surface area contributed by atoms with E-state index in [1.165, 1.54) is 24.0 Å². The summed E-state index contributed by atoms with van der Waals surface area (Å²) in [5.74, 6) is 1.46. The molecule has 2 N–H and O–H groups in total. The summed E-state index contributed by atoms with van der Waals surface area (Å²) in [7, 11) is 0. The van der Waals surface area contributed by atoms with Gasteiger partial charge in [0.2, 0.25) is 5.91 Å². The monoisotopic (exact) mass is 292 g/mol. The van der Waals surface area contributed by atoms with E-state index in [4.69, 9.17) is 0 Å². The summed E-state index contributed by atoms with van der Waals surface area (Å²) in [4.78, 5) is 12.2. The van der Waals surface area contributed by atoms with Crippen LogP contribution >= 0.6 is 12.4 Å². The fourth-order valence-corrected chi connectivity index (χ4v) is 3.89. The van der Waals surface area contributed by atoms with E-state index in [1.54, 1.807) is 0 Å². The highest BCUT2D eigenvalue weighted by Gasteiger charge is 2.56. The molecule has 2 fully saturated rings. The van der Waals surface area contributed by atoms with Gasteiger partial charge in [0.05, 0.1) is 6.04 Å². The molecule has 1 amide bonds. The number of hydrogen-bond acceptors (Lipinski definition) is 2. The Kier molecular flexibility index (Phi) is 3.74. The van der Waals surface area contributed by atoms with Crippen molar-refractivity contribution in [3.8, 4) is 0 Å². The van der Waals surface area contributed by atoms with Gasteiger partial charge in [-0.25, -0.2) is 0 Å². The number of hydrogen-bond donors (Lipinski definition) is 2. The van der Waals surface area contributed by atoms with E-state index in [2.05, 4.69) is 34.9 Å². The summed E-state index contributed by atoms with van der Waals surface area (Å²) in [5, 5.41) is 6.59. The van der Waals surface area contributed by atoms with Gasteiger partial charge in [0.1, 0.15) is 0 Å². The molecular weight excluding hydrogens is 272 g/mol. The fourth-order valence-electron chi connectivity index (χ4n) is 3.89. The average Bonchev–Trinajstić information content (AvgIpc) is 2.97. The Balaban J connectivity index is 0.00000121. The second-order valence-electron chi connectivity index (χ2n) is 6.13. The van der Waals surface area contributed by atoms with Gasteiger partial charge in [-0.1, -0.05) is 30.7 Å². The second-order valence-corrected chi connectivity index (χ2v) is 6.13. The molecule has 3 nitrogen and oxygen atoms in total.